The molecule has 0 saturated heterocycles. The SMILES string of the molecule is CCOc1ccc(S(=O)(=O)Nc2cccc(Cl)c2C)c2ccccc12. The highest BCUT2D eigenvalue weighted by atomic mass is 35.5. The molecule has 4 nitrogen and oxygen atoms in total. The van der Waals surface area contributed by atoms with E-state index in [2.05, 4.69) is 4.72 Å². The van der Waals surface area contributed by atoms with Crippen molar-refractivity contribution in [1.82, 2.24) is 0 Å². The van der Waals surface area contributed by atoms with Gasteiger partial charge in [0.05, 0.1) is 17.2 Å². The number of sulfonamides is 1. The number of ether oxygens (including phenoxy) is 1. The van der Waals surface area contributed by atoms with Gasteiger partial charge in [-0.1, -0.05) is 41.9 Å². The van der Waals surface area contributed by atoms with Gasteiger partial charge >= 0.3 is 0 Å². The second-order valence-electron chi connectivity index (χ2n) is 5.56. The third-order valence-electron chi connectivity index (χ3n) is 3.95. The molecular weight excluding hydrogens is 358 g/mol. The maximum absolute atomic E-state index is 13.0. The second kappa shape index (κ2) is 6.94. The molecule has 0 radical (unpaired) electrons. The first-order chi connectivity index (χ1) is 11.9. The van der Waals surface area contributed by atoms with E-state index in [0.717, 1.165) is 5.39 Å². The molecule has 0 unspecified atom stereocenters. The van der Waals surface area contributed by atoms with Crippen molar-refractivity contribution in [2.24, 2.45) is 0 Å². The number of anilines is 1. The Morgan fingerprint density at radius 1 is 1.00 bits per heavy atom. The lowest BCUT2D eigenvalue weighted by Crippen LogP contribution is -2.14. The van der Waals surface area contributed by atoms with Crippen molar-refractivity contribution in [3.05, 3.63) is 65.2 Å². The highest BCUT2D eigenvalue weighted by Gasteiger charge is 2.20. The van der Waals surface area contributed by atoms with Crippen molar-refractivity contribution in [3.8, 4) is 5.75 Å². The average molecular weight is 376 g/mol. The lowest BCUT2D eigenvalue weighted by atomic mass is 10.1. The van der Waals surface area contributed by atoms with Gasteiger partial charge < -0.3 is 4.74 Å². The Morgan fingerprint density at radius 3 is 2.44 bits per heavy atom. The van der Waals surface area contributed by atoms with Gasteiger partial charge in [0.15, 0.2) is 0 Å². The van der Waals surface area contributed by atoms with Gasteiger partial charge in [0.2, 0.25) is 0 Å². The summed E-state index contributed by atoms with van der Waals surface area (Å²) in [5, 5.41) is 1.88. The molecule has 0 atom stereocenters. The smallest absolute Gasteiger partial charge is 0.262 e. The molecule has 1 N–H and O–H groups in total. The van der Waals surface area contributed by atoms with Gasteiger partial charge in [-0.3, -0.25) is 4.72 Å². The normalized spacial score (nSPS) is 11.5. The third kappa shape index (κ3) is 3.43. The number of hydrogen-bond donors (Lipinski definition) is 1. The summed E-state index contributed by atoms with van der Waals surface area (Å²) in [6.07, 6.45) is 0. The van der Waals surface area contributed by atoms with Crippen LogP contribution in [0.25, 0.3) is 10.8 Å². The van der Waals surface area contributed by atoms with Crippen LogP contribution in [0.2, 0.25) is 5.02 Å². The minimum absolute atomic E-state index is 0.200. The highest BCUT2D eigenvalue weighted by Crippen LogP contribution is 2.33. The number of halogens is 1. The average Bonchev–Trinajstić information content (AvgIpc) is 2.59. The number of fused-ring (bicyclic) bond motifs is 1. The summed E-state index contributed by atoms with van der Waals surface area (Å²) in [7, 11) is -3.78. The molecule has 0 amide bonds. The van der Waals surface area contributed by atoms with E-state index in [-0.39, 0.29) is 4.90 Å². The van der Waals surface area contributed by atoms with Crippen LogP contribution in [0.5, 0.6) is 5.75 Å². The first kappa shape index (κ1) is 17.6. The van der Waals surface area contributed by atoms with E-state index in [1.54, 1.807) is 43.3 Å². The number of rotatable bonds is 5. The molecule has 130 valence electrons. The van der Waals surface area contributed by atoms with Crippen LogP contribution in [0.15, 0.2) is 59.5 Å². The van der Waals surface area contributed by atoms with Crippen molar-refractivity contribution in [2.45, 2.75) is 18.7 Å². The largest absolute Gasteiger partial charge is 0.493 e. The number of nitrogens with one attached hydrogen (secondary N) is 1. The second-order valence-corrected chi connectivity index (χ2v) is 7.62. The van der Waals surface area contributed by atoms with Gasteiger partial charge in [0.25, 0.3) is 10.0 Å². The van der Waals surface area contributed by atoms with E-state index in [1.807, 2.05) is 25.1 Å². The van der Waals surface area contributed by atoms with E-state index in [4.69, 9.17) is 16.3 Å². The standard InChI is InChI=1S/C19H18ClNO3S/c1-3-24-18-11-12-19(15-8-5-4-7-14(15)18)25(22,23)21-17-10-6-9-16(20)13(17)2/h4-12,21H,3H2,1-2H3. The Balaban J connectivity index is 2.12. The molecule has 0 aliphatic heterocycles. The van der Waals surface area contributed by atoms with E-state index in [9.17, 15) is 8.42 Å². The van der Waals surface area contributed by atoms with E-state index < -0.39 is 10.0 Å². The van der Waals surface area contributed by atoms with Crippen LogP contribution in [0.3, 0.4) is 0 Å². The van der Waals surface area contributed by atoms with Crippen molar-refractivity contribution in [3.63, 3.8) is 0 Å². The molecule has 0 aliphatic carbocycles. The highest BCUT2D eigenvalue weighted by molar-refractivity contribution is 7.93. The molecule has 0 spiro atoms. The predicted octanol–water partition coefficient (Wildman–Crippen LogP) is 5.00. The fourth-order valence-electron chi connectivity index (χ4n) is 2.68. The van der Waals surface area contributed by atoms with E-state index >= 15 is 0 Å². The summed E-state index contributed by atoms with van der Waals surface area (Å²) in [6.45, 7) is 4.18. The first-order valence-corrected chi connectivity index (χ1v) is 9.72. The molecule has 3 rings (SSSR count). The van der Waals surface area contributed by atoms with Gasteiger partial charge in [-0.05, 0) is 43.7 Å². The van der Waals surface area contributed by atoms with Gasteiger partial charge in [0, 0.05) is 15.8 Å². The molecule has 0 saturated carbocycles. The van der Waals surface area contributed by atoms with Gasteiger partial charge in [-0.2, -0.15) is 0 Å². The van der Waals surface area contributed by atoms with Crippen molar-refractivity contribution >= 4 is 38.1 Å². The quantitative estimate of drug-likeness (QED) is 0.682. The lowest BCUT2D eigenvalue weighted by Gasteiger charge is -2.15. The maximum atomic E-state index is 13.0. The summed E-state index contributed by atoms with van der Waals surface area (Å²) >= 11 is 6.09. The number of benzene rings is 3. The van der Waals surface area contributed by atoms with Gasteiger partial charge in [-0.25, -0.2) is 8.42 Å². The molecule has 0 aliphatic rings. The first-order valence-electron chi connectivity index (χ1n) is 7.86. The van der Waals surface area contributed by atoms with E-state index in [1.165, 1.54) is 0 Å². The molecule has 6 heteroatoms. The zero-order valence-electron chi connectivity index (χ0n) is 13.9. The summed E-state index contributed by atoms with van der Waals surface area (Å²) in [5.41, 5.74) is 1.15. The minimum atomic E-state index is -3.78. The Morgan fingerprint density at radius 2 is 1.72 bits per heavy atom. The molecule has 25 heavy (non-hydrogen) atoms. The molecule has 0 aromatic heterocycles. The van der Waals surface area contributed by atoms with Crippen LogP contribution in [0.4, 0.5) is 5.69 Å². The minimum Gasteiger partial charge on any atom is -0.493 e. The van der Waals surface area contributed by atoms with Gasteiger partial charge in [-0.15, -0.1) is 0 Å². The molecule has 3 aromatic carbocycles. The van der Waals surface area contributed by atoms with Crippen LogP contribution < -0.4 is 9.46 Å². The van der Waals surface area contributed by atoms with Crippen LogP contribution in [-0.4, -0.2) is 15.0 Å². The van der Waals surface area contributed by atoms with Crippen LogP contribution in [0.1, 0.15) is 12.5 Å². The maximum Gasteiger partial charge on any atom is 0.262 e. The van der Waals surface area contributed by atoms with Crippen molar-refractivity contribution in [2.75, 3.05) is 11.3 Å². The van der Waals surface area contributed by atoms with E-state index in [0.29, 0.717) is 34.0 Å². The Bertz CT molecular complexity index is 1030. The number of hydrogen-bond acceptors (Lipinski definition) is 3. The van der Waals surface area contributed by atoms with Crippen LogP contribution in [-0.2, 0) is 10.0 Å². The zero-order chi connectivity index (χ0) is 18.0. The fourth-order valence-corrected chi connectivity index (χ4v) is 4.19. The zero-order valence-corrected chi connectivity index (χ0v) is 15.5. The summed E-state index contributed by atoms with van der Waals surface area (Å²) in [5.74, 6) is 0.663. The predicted molar refractivity (Wildman–Crippen MR) is 102 cm³/mol. The molecule has 3 aromatic rings. The topological polar surface area (TPSA) is 55.4 Å². The monoisotopic (exact) mass is 375 g/mol. The fraction of sp³-hybridized carbons (Fsp3) is 0.158. The van der Waals surface area contributed by atoms with Crippen LogP contribution in [0, 0.1) is 6.92 Å². The summed E-state index contributed by atoms with van der Waals surface area (Å²) < 4.78 is 34.1. The Kier molecular flexibility index (Phi) is 4.88. The molecular formula is C19H18ClNO3S. The summed E-state index contributed by atoms with van der Waals surface area (Å²) in [4.78, 5) is 0.200. The van der Waals surface area contributed by atoms with Crippen LogP contribution >= 0.6 is 11.6 Å². The van der Waals surface area contributed by atoms with Crippen molar-refractivity contribution in [1.29, 1.82) is 0 Å². The molecule has 0 heterocycles. The third-order valence-corrected chi connectivity index (χ3v) is 5.78. The molecule has 0 fully saturated rings. The molecule has 0 bridgehead atoms. The Labute approximate surface area is 152 Å². The summed E-state index contributed by atoms with van der Waals surface area (Å²) in [6, 6.07) is 15.7. The van der Waals surface area contributed by atoms with Crippen molar-refractivity contribution < 1.29 is 13.2 Å². The lowest BCUT2D eigenvalue weighted by molar-refractivity contribution is 0.344. The Hall–Kier alpha value is -2.24. The van der Waals surface area contributed by atoms with Gasteiger partial charge in [0.1, 0.15) is 5.75 Å².